The Bertz CT molecular complexity index is 721. The van der Waals surface area contributed by atoms with Crippen molar-refractivity contribution in [3.63, 3.8) is 0 Å². The number of anilines is 1. The number of nitrogens with one attached hydrogen (secondary N) is 2. The molecule has 0 radical (unpaired) electrons. The maximum atomic E-state index is 13.0. The van der Waals surface area contributed by atoms with Crippen LogP contribution in [0, 0.1) is 19.7 Å². The van der Waals surface area contributed by atoms with E-state index in [2.05, 4.69) is 15.5 Å². The second-order valence-corrected chi connectivity index (χ2v) is 6.59. The number of H-pyrrole nitrogens is 1. The molecule has 1 atom stereocenters. The number of aliphatic hydroxyl groups is 1. The lowest BCUT2D eigenvalue weighted by molar-refractivity contribution is -0.117. The molecule has 7 heteroatoms. The number of carbonyl (C=O) groups excluding carboxylic acids is 1. The van der Waals surface area contributed by atoms with Crippen molar-refractivity contribution in [3.8, 4) is 0 Å². The van der Waals surface area contributed by atoms with E-state index < -0.39 is 6.10 Å². The number of benzene rings is 1. The number of hydrogen-bond acceptors (Lipinski definition) is 4. The van der Waals surface area contributed by atoms with E-state index in [-0.39, 0.29) is 18.3 Å². The number of halogens is 1. The molecular formula is C18H23FN4O2. The molecule has 1 fully saturated rings. The van der Waals surface area contributed by atoms with Crippen LogP contribution in [0.15, 0.2) is 24.3 Å². The van der Waals surface area contributed by atoms with Gasteiger partial charge in [0.05, 0.1) is 29.7 Å². The highest BCUT2D eigenvalue weighted by Gasteiger charge is 2.32. The summed E-state index contributed by atoms with van der Waals surface area (Å²) in [5.74, 6) is -0.467. The first-order chi connectivity index (χ1) is 11.9. The predicted molar refractivity (Wildman–Crippen MR) is 92.6 cm³/mol. The topological polar surface area (TPSA) is 81.2 Å². The number of aromatic amines is 1. The van der Waals surface area contributed by atoms with Crippen LogP contribution in [0.2, 0.25) is 0 Å². The molecule has 1 amide bonds. The Kier molecular flexibility index (Phi) is 5.15. The van der Waals surface area contributed by atoms with E-state index in [1.165, 1.54) is 12.1 Å². The van der Waals surface area contributed by atoms with Crippen molar-refractivity contribution in [2.45, 2.75) is 38.8 Å². The van der Waals surface area contributed by atoms with E-state index in [1.54, 1.807) is 12.1 Å². The third-order valence-electron chi connectivity index (χ3n) is 4.46. The average Bonchev–Trinajstić information content (AvgIpc) is 3.37. The fourth-order valence-corrected chi connectivity index (χ4v) is 2.89. The minimum Gasteiger partial charge on any atom is -0.387 e. The van der Waals surface area contributed by atoms with Crippen LogP contribution in [0.25, 0.3) is 0 Å². The van der Waals surface area contributed by atoms with Crippen molar-refractivity contribution in [3.05, 3.63) is 47.0 Å². The van der Waals surface area contributed by atoms with Crippen LogP contribution in [0.4, 0.5) is 10.1 Å². The van der Waals surface area contributed by atoms with Gasteiger partial charge in [-0.15, -0.1) is 0 Å². The number of aryl methyl sites for hydroxylation is 2. The second-order valence-electron chi connectivity index (χ2n) is 6.59. The number of nitrogens with zero attached hydrogens (tertiary/aromatic N) is 2. The fraction of sp³-hybridized carbons (Fsp3) is 0.444. The van der Waals surface area contributed by atoms with Gasteiger partial charge >= 0.3 is 0 Å². The number of aliphatic hydroxyl groups excluding tert-OH is 1. The number of aromatic nitrogens is 2. The maximum absolute atomic E-state index is 13.0. The van der Waals surface area contributed by atoms with Crippen LogP contribution in [-0.4, -0.2) is 45.2 Å². The number of hydrogen-bond donors (Lipinski definition) is 3. The van der Waals surface area contributed by atoms with Crippen LogP contribution in [0.3, 0.4) is 0 Å². The van der Waals surface area contributed by atoms with E-state index in [4.69, 9.17) is 0 Å². The summed E-state index contributed by atoms with van der Waals surface area (Å²) in [4.78, 5) is 14.4. The summed E-state index contributed by atoms with van der Waals surface area (Å²) < 4.78 is 13.0. The van der Waals surface area contributed by atoms with Gasteiger partial charge in [-0.25, -0.2) is 4.39 Å². The van der Waals surface area contributed by atoms with Gasteiger partial charge in [-0.3, -0.25) is 14.8 Å². The van der Waals surface area contributed by atoms with Gasteiger partial charge in [-0.05, 0) is 44.4 Å². The van der Waals surface area contributed by atoms with Crippen LogP contribution >= 0.6 is 0 Å². The van der Waals surface area contributed by atoms with Crippen molar-refractivity contribution in [2.75, 3.05) is 18.4 Å². The molecule has 1 aliphatic carbocycles. The van der Waals surface area contributed by atoms with Crippen LogP contribution in [-0.2, 0) is 4.79 Å². The Labute approximate surface area is 146 Å². The van der Waals surface area contributed by atoms with Gasteiger partial charge in [0.1, 0.15) is 5.82 Å². The highest BCUT2D eigenvalue weighted by atomic mass is 19.1. The maximum Gasteiger partial charge on any atom is 0.238 e. The zero-order valence-electron chi connectivity index (χ0n) is 14.4. The molecule has 1 aliphatic rings. The Balaban J connectivity index is 1.61. The molecule has 0 aliphatic heterocycles. The van der Waals surface area contributed by atoms with E-state index in [0.29, 0.717) is 23.8 Å². The first kappa shape index (κ1) is 17.6. The van der Waals surface area contributed by atoms with E-state index in [0.717, 1.165) is 24.2 Å². The molecule has 0 unspecified atom stereocenters. The van der Waals surface area contributed by atoms with Crippen molar-refractivity contribution in [2.24, 2.45) is 0 Å². The lowest BCUT2D eigenvalue weighted by atomic mass is 10.1. The monoisotopic (exact) mass is 346 g/mol. The van der Waals surface area contributed by atoms with Gasteiger partial charge in [-0.2, -0.15) is 5.10 Å². The molecule has 3 N–H and O–H groups in total. The quantitative estimate of drug-likeness (QED) is 0.719. The summed E-state index contributed by atoms with van der Waals surface area (Å²) in [5, 5.41) is 20.2. The van der Waals surface area contributed by atoms with E-state index >= 15 is 0 Å². The minimum atomic E-state index is -0.758. The Morgan fingerprint density at radius 1 is 1.40 bits per heavy atom. The van der Waals surface area contributed by atoms with E-state index in [9.17, 15) is 14.3 Å². The minimum absolute atomic E-state index is 0.134. The van der Waals surface area contributed by atoms with Crippen LogP contribution in [0.1, 0.15) is 35.9 Å². The first-order valence-electron chi connectivity index (χ1n) is 8.43. The average molecular weight is 346 g/mol. The van der Waals surface area contributed by atoms with Gasteiger partial charge in [0.15, 0.2) is 0 Å². The second kappa shape index (κ2) is 7.33. The lowest BCUT2D eigenvalue weighted by Gasteiger charge is -2.24. The molecule has 1 aromatic heterocycles. The molecule has 0 bridgehead atoms. The zero-order chi connectivity index (χ0) is 18.0. The van der Waals surface area contributed by atoms with Crippen molar-refractivity contribution < 1.29 is 14.3 Å². The first-order valence-corrected chi connectivity index (χ1v) is 8.43. The molecule has 1 aromatic carbocycles. The number of carbonyl (C=O) groups is 1. The normalized spacial score (nSPS) is 15.4. The van der Waals surface area contributed by atoms with Crippen LogP contribution < -0.4 is 5.32 Å². The summed E-state index contributed by atoms with van der Waals surface area (Å²) in [6, 6.07) is 6.12. The smallest absolute Gasteiger partial charge is 0.238 e. The van der Waals surface area contributed by atoms with Crippen molar-refractivity contribution in [1.29, 1.82) is 0 Å². The molecule has 134 valence electrons. The summed E-state index contributed by atoms with van der Waals surface area (Å²) >= 11 is 0. The molecule has 6 nitrogen and oxygen atoms in total. The van der Waals surface area contributed by atoms with E-state index in [1.807, 2.05) is 18.7 Å². The van der Waals surface area contributed by atoms with Crippen molar-refractivity contribution in [1.82, 2.24) is 15.1 Å². The van der Waals surface area contributed by atoms with Gasteiger partial charge in [0, 0.05) is 12.6 Å². The van der Waals surface area contributed by atoms with Gasteiger partial charge in [-0.1, -0.05) is 12.1 Å². The van der Waals surface area contributed by atoms with Gasteiger partial charge in [0.2, 0.25) is 5.91 Å². The molecule has 1 saturated carbocycles. The standard InChI is InChI=1S/C18H23FN4O2/c1-11-18(12(2)22-21-11)20-17(25)10-23(15-7-8-15)9-16(24)13-3-5-14(19)6-4-13/h3-6,15-16,24H,7-10H2,1-2H3,(H,20,25)(H,21,22)/t16-/m1/s1. The summed E-state index contributed by atoms with van der Waals surface area (Å²) in [7, 11) is 0. The lowest BCUT2D eigenvalue weighted by Crippen LogP contribution is -2.37. The van der Waals surface area contributed by atoms with Gasteiger partial charge in [0.25, 0.3) is 0 Å². The Morgan fingerprint density at radius 3 is 2.64 bits per heavy atom. The highest BCUT2D eigenvalue weighted by molar-refractivity contribution is 5.93. The molecule has 1 heterocycles. The largest absolute Gasteiger partial charge is 0.387 e. The van der Waals surface area contributed by atoms with Gasteiger partial charge < -0.3 is 10.4 Å². The predicted octanol–water partition coefficient (Wildman–Crippen LogP) is 2.30. The molecule has 25 heavy (non-hydrogen) atoms. The molecular weight excluding hydrogens is 323 g/mol. The SMILES string of the molecule is Cc1n[nH]c(C)c1NC(=O)CN(C[C@@H](O)c1ccc(F)cc1)C1CC1. The molecule has 2 aromatic rings. The van der Waals surface area contributed by atoms with Crippen LogP contribution in [0.5, 0.6) is 0 Å². The Morgan fingerprint density at radius 2 is 2.08 bits per heavy atom. The van der Waals surface area contributed by atoms with Crippen molar-refractivity contribution >= 4 is 11.6 Å². The third kappa shape index (κ3) is 4.43. The summed E-state index contributed by atoms with van der Waals surface area (Å²) in [6.07, 6.45) is 1.28. The molecule has 3 rings (SSSR count). The Hall–Kier alpha value is -2.25. The third-order valence-corrected chi connectivity index (χ3v) is 4.46. The zero-order valence-corrected chi connectivity index (χ0v) is 14.4. The number of amides is 1. The summed E-state index contributed by atoms with van der Waals surface area (Å²) in [6.45, 7) is 4.22. The summed E-state index contributed by atoms with van der Waals surface area (Å²) in [5.41, 5.74) is 2.92. The molecule has 0 saturated heterocycles. The number of rotatable bonds is 7. The molecule has 0 spiro atoms. The highest BCUT2D eigenvalue weighted by Crippen LogP contribution is 2.29. The fourth-order valence-electron chi connectivity index (χ4n) is 2.89.